The van der Waals surface area contributed by atoms with Gasteiger partial charge in [-0.25, -0.2) is 0 Å². The molecule has 0 radical (unpaired) electrons. The van der Waals surface area contributed by atoms with Gasteiger partial charge in [-0.15, -0.1) is 12.4 Å². The molecule has 1 saturated heterocycles. The zero-order valence-corrected chi connectivity index (χ0v) is 14.5. The minimum absolute atomic E-state index is 0. The van der Waals surface area contributed by atoms with Gasteiger partial charge in [-0.3, -0.25) is 4.90 Å². The molecule has 1 atom stereocenters. The van der Waals surface area contributed by atoms with Crippen molar-refractivity contribution in [3.05, 3.63) is 35.7 Å². The molecule has 0 saturated carbocycles. The molecule has 138 valence electrons. The van der Waals surface area contributed by atoms with Crippen molar-refractivity contribution in [3.63, 3.8) is 0 Å². The van der Waals surface area contributed by atoms with Gasteiger partial charge < -0.3 is 9.84 Å². The first-order valence-electron chi connectivity index (χ1n) is 7.85. The Balaban J connectivity index is 0.00000225. The van der Waals surface area contributed by atoms with E-state index < -0.39 is 11.7 Å². The van der Waals surface area contributed by atoms with Gasteiger partial charge in [0, 0.05) is 18.2 Å². The number of nitrogens with one attached hydrogen (secondary N) is 1. The Kier molecular flexibility index (Phi) is 6.42. The van der Waals surface area contributed by atoms with Gasteiger partial charge in [-0.2, -0.15) is 18.2 Å². The molecule has 2 heterocycles. The van der Waals surface area contributed by atoms with E-state index in [1.54, 1.807) is 0 Å². The highest BCUT2D eigenvalue weighted by Crippen LogP contribution is 2.30. The van der Waals surface area contributed by atoms with Gasteiger partial charge in [0.2, 0.25) is 11.7 Å². The Morgan fingerprint density at radius 3 is 2.64 bits per heavy atom. The van der Waals surface area contributed by atoms with Crippen molar-refractivity contribution in [2.45, 2.75) is 31.6 Å². The summed E-state index contributed by atoms with van der Waals surface area (Å²) in [6.45, 7) is 2.43. The highest BCUT2D eigenvalue weighted by atomic mass is 35.5. The van der Waals surface area contributed by atoms with Crippen molar-refractivity contribution in [3.8, 4) is 11.4 Å². The number of hydrogen-bond acceptors (Lipinski definition) is 5. The zero-order valence-electron chi connectivity index (χ0n) is 13.7. The number of alkyl halides is 3. The van der Waals surface area contributed by atoms with E-state index in [1.807, 2.05) is 7.05 Å². The van der Waals surface area contributed by atoms with Crippen LogP contribution < -0.4 is 5.32 Å². The summed E-state index contributed by atoms with van der Waals surface area (Å²) < 4.78 is 43.0. The lowest BCUT2D eigenvalue weighted by Crippen LogP contribution is -2.43. The SMILES string of the molecule is CNC1CCCN(Cc2nc(-c3ccc(C(F)(F)F)cc3)no2)C1.Cl. The Hall–Kier alpha value is -1.64. The van der Waals surface area contributed by atoms with Crippen LogP contribution in [0.2, 0.25) is 0 Å². The molecular weight excluding hydrogens is 357 g/mol. The van der Waals surface area contributed by atoms with E-state index in [2.05, 4.69) is 20.4 Å². The van der Waals surface area contributed by atoms with Gasteiger partial charge in [0.05, 0.1) is 12.1 Å². The fourth-order valence-electron chi connectivity index (χ4n) is 2.87. The normalized spacial score (nSPS) is 18.8. The largest absolute Gasteiger partial charge is 0.416 e. The number of rotatable bonds is 4. The predicted octanol–water partition coefficient (Wildman–Crippen LogP) is 3.36. The van der Waals surface area contributed by atoms with Crippen LogP contribution in [0.25, 0.3) is 11.4 Å². The predicted molar refractivity (Wildman–Crippen MR) is 89.3 cm³/mol. The van der Waals surface area contributed by atoms with Crippen LogP contribution in [0.5, 0.6) is 0 Å². The van der Waals surface area contributed by atoms with Crippen molar-refractivity contribution in [2.24, 2.45) is 0 Å². The maximum atomic E-state index is 12.6. The molecule has 1 N–H and O–H groups in total. The van der Waals surface area contributed by atoms with Gasteiger partial charge in [0.1, 0.15) is 0 Å². The minimum Gasteiger partial charge on any atom is -0.338 e. The van der Waals surface area contributed by atoms with Gasteiger partial charge >= 0.3 is 6.18 Å². The summed E-state index contributed by atoms with van der Waals surface area (Å²) in [5.41, 5.74) is -0.189. The molecule has 1 unspecified atom stereocenters. The lowest BCUT2D eigenvalue weighted by atomic mass is 10.1. The van der Waals surface area contributed by atoms with Crippen LogP contribution in [0.1, 0.15) is 24.3 Å². The number of piperidine rings is 1. The van der Waals surface area contributed by atoms with Crippen molar-refractivity contribution < 1.29 is 17.7 Å². The van der Waals surface area contributed by atoms with Crippen LogP contribution in [0.3, 0.4) is 0 Å². The quantitative estimate of drug-likeness (QED) is 0.886. The number of nitrogens with zero attached hydrogens (tertiary/aromatic N) is 3. The second-order valence-corrected chi connectivity index (χ2v) is 5.95. The molecule has 1 aromatic carbocycles. The maximum absolute atomic E-state index is 12.6. The number of hydrogen-bond donors (Lipinski definition) is 1. The summed E-state index contributed by atoms with van der Waals surface area (Å²) in [6, 6.07) is 5.21. The zero-order chi connectivity index (χ0) is 17.2. The minimum atomic E-state index is -4.35. The molecule has 1 aliphatic heterocycles. The van der Waals surface area contributed by atoms with Crippen molar-refractivity contribution >= 4 is 12.4 Å². The Morgan fingerprint density at radius 2 is 2.00 bits per heavy atom. The van der Waals surface area contributed by atoms with Gasteiger partial charge in [0.25, 0.3) is 0 Å². The first-order chi connectivity index (χ1) is 11.5. The number of benzene rings is 1. The fourth-order valence-corrected chi connectivity index (χ4v) is 2.87. The molecule has 1 aromatic heterocycles. The maximum Gasteiger partial charge on any atom is 0.416 e. The summed E-state index contributed by atoms with van der Waals surface area (Å²) in [5.74, 6) is 0.780. The van der Waals surface area contributed by atoms with E-state index in [4.69, 9.17) is 4.52 Å². The fraction of sp³-hybridized carbons (Fsp3) is 0.500. The molecule has 2 aromatic rings. The lowest BCUT2D eigenvalue weighted by Gasteiger charge is -2.31. The summed E-state index contributed by atoms with van der Waals surface area (Å²) in [4.78, 5) is 6.53. The van der Waals surface area contributed by atoms with Gasteiger partial charge in [-0.1, -0.05) is 17.3 Å². The Morgan fingerprint density at radius 1 is 1.28 bits per heavy atom. The van der Waals surface area contributed by atoms with E-state index in [0.717, 1.165) is 38.1 Å². The molecule has 3 rings (SSSR count). The number of halogens is 4. The average Bonchev–Trinajstić information content (AvgIpc) is 3.03. The smallest absolute Gasteiger partial charge is 0.338 e. The van der Waals surface area contributed by atoms with Crippen molar-refractivity contribution in [1.82, 2.24) is 20.4 Å². The van der Waals surface area contributed by atoms with E-state index in [0.29, 0.717) is 29.9 Å². The molecule has 1 fully saturated rings. The van der Waals surface area contributed by atoms with Gasteiger partial charge in [-0.05, 0) is 38.6 Å². The van der Waals surface area contributed by atoms with Crippen LogP contribution in [-0.2, 0) is 12.7 Å². The first kappa shape index (κ1) is 19.7. The van der Waals surface area contributed by atoms with Crippen molar-refractivity contribution in [1.29, 1.82) is 0 Å². The molecule has 25 heavy (non-hydrogen) atoms. The number of likely N-dealkylation sites (tertiary alicyclic amines) is 1. The summed E-state index contributed by atoms with van der Waals surface area (Å²) in [5, 5.41) is 7.14. The highest BCUT2D eigenvalue weighted by molar-refractivity contribution is 5.85. The Labute approximate surface area is 150 Å². The van der Waals surface area contributed by atoms with E-state index in [9.17, 15) is 13.2 Å². The van der Waals surface area contributed by atoms with Crippen LogP contribution in [0.4, 0.5) is 13.2 Å². The summed E-state index contributed by atoms with van der Waals surface area (Å²) in [7, 11) is 1.95. The highest BCUT2D eigenvalue weighted by Gasteiger charge is 2.30. The van der Waals surface area contributed by atoms with Crippen LogP contribution in [0.15, 0.2) is 28.8 Å². The topological polar surface area (TPSA) is 54.2 Å². The molecule has 0 bridgehead atoms. The third-order valence-electron chi connectivity index (χ3n) is 4.21. The molecular formula is C16H20ClF3N4O. The molecule has 0 amide bonds. The van der Waals surface area contributed by atoms with Crippen LogP contribution in [0, 0.1) is 0 Å². The third-order valence-corrected chi connectivity index (χ3v) is 4.21. The molecule has 0 spiro atoms. The van der Waals surface area contributed by atoms with E-state index in [-0.39, 0.29) is 12.4 Å². The monoisotopic (exact) mass is 376 g/mol. The summed E-state index contributed by atoms with van der Waals surface area (Å²) >= 11 is 0. The standard InChI is InChI=1S/C16H19F3N4O.ClH/c1-20-13-3-2-8-23(9-13)10-14-21-15(22-24-14)11-4-6-12(7-5-11)16(17,18)19;/h4-7,13,20H,2-3,8-10H2,1H3;1H. The number of likely N-dealkylation sites (N-methyl/N-ethyl adjacent to an activating group) is 1. The van der Waals surface area contributed by atoms with Crippen LogP contribution >= 0.6 is 12.4 Å². The van der Waals surface area contributed by atoms with Crippen LogP contribution in [-0.4, -0.2) is 41.2 Å². The molecule has 0 aliphatic carbocycles. The van der Waals surface area contributed by atoms with Gasteiger partial charge in [0.15, 0.2) is 0 Å². The average molecular weight is 377 g/mol. The lowest BCUT2D eigenvalue weighted by molar-refractivity contribution is -0.137. The second kappa shape index (κ2) is 8.16. The van der Waals surface area contributed by atoms with E-state index in [1.165, 1.54) is 12.1 Å². The summed E-state index contributed by atoms with van der Waals surface area (Å²) in [6.07, 6.45) is -2.10. The Bertz CT molecular complexity index is 675. The third kappa shape index (κ3) is 4.93. The van der Waals surface area contributed by atoms with Crippen molar-refractivity contribution in [2.75, 3.05) is 20.1 Å². The molecule has 9 heteroatoms. The van der Waals surface area contributed by atoms with E-state index >= 15 is 0 Å². The number of aromatic nitrogens is 2. The molecule has 1 aliphatic rings. The molecule has 5 nitrogen and oxygen atoms in total. The first-order valence-corrected chi connectivity index (χ1v) is 7.85. The second-order valence-electron chi connectivity index (χ2n) is 5.95.